The maximum absolute atomic E-state index is 12.7. The van der Waals surface area contributed by atoms with Gasteiger partial charge in [0.2, 0.25) is 11.7 Å². The summed E-state index contributed by atoms with van der Waals surface area (Å²) >= 11 is 0. The number of hydrogen-bond donors (Lipinski definition) is 1. The van der Waals surface area contributed by atoms with Crippen LogP contribution in [-0.4, -0.2) is 21.3 Å². The van der Waals surface area contributed by atoms with E-state index >= 15 is 0 Å². The number of carbonyl (C=O) groups is 1. The topological polar surface area (TPSA) is 94.1 Å². The molecule has 0 aliphatic carbocycles. The minimum absolute atomic E-state index is 0.0457. The second-order valence-electron chi connectivity index (χ2n) is 4.98. The van der Waals surface area contributed by atoms with Crippen molar-refractivity contribution in [3.8, 4) is 11.5 Å². The molecule has 3 aromatic rings. The van der Waals surface area contributed by atoms with Crippen LogP contribution in [0.15, 0.2) is 39.3 Å². The van der Waals surface area contributed by atoms with E-state index < -0.39 is 17.6 Å². The molecule has 0 spiro atoms. The maximum Gasteiger partial charge on any atom is 0.416 e. The van der Waals surface area contributed by atoms with Crippen LogP contribution in [0, 0.1) is 0 Å². The molecule has 25 heavy (non-hydrogen) atoms. The molecule has 7 nitrogen and oxygen atoms in total. The number of anilines is 1. The lowest BCUT2D eigenvalue weighted by Crippen LogP contribution is -2.11. The number of rotatable bonds is 4. The third-order valence-electron chi connectivity index (χ3n) is 3.23. The van der Waals surface area contributed by atoms with E-state index in [4.69, 9.17) is 8.94 Å². The van der Waals surface area contributed by atoms with E-state index in [1.54, 1.807) is 0 Å². The average Bonchev–Trinajstić information content (AvgIpc) is 3.23. The molecule has 0 saturated heterocycles. The smallest absolute Gasteiger partial charge is 0.403 e. The zero-order chi connectivity index (χ0) is 18.0. The predicted octanol–water partition coefficient (Wildman–Crippen LogP) is 3.56. The summed E-state index contributed by atoms with van der Waals surface area (Å²) in [5.41, 5.74) is -0.168. The quantitative estimate of drug-likeness (QED) is 0.772. The zero-order valence-corrected chi connectivity index (χ0v) is 12.8. The minimum atomic E-state index is -4.49. The van der Waals surface area contributed by atoms with Gasteiger partial charge in [-0.2, -0.15) is 13.2 Å². The van der Waals surface area contributed by atoms with E-state index in [2.05, 4.69) is 20.7 Å². The van der Waals surface area contributed by atoms with Crippen molar-refractivity contribution in [3.63, 3.8) is 0 Å². The molecule has 2 heterocycles. The molecule has 3 rings (SSSR count). The third kappa shape index (κ3) is 3.67. The lowest BCUT2D eigenvalue weighted by Gasteiger charge is -2.06. The Hall–Kier alpha value is -3.17. The largest absolute Gasteiger partial charge is 0.416 e. The van der Waals surface area contributed by atoms with Crippen LogP contribution >= 0.6 is 0 Å². The van der Waals surface area contributed by atoms with Crippen molar-refractivity contribution in [2.75, 3.05) is 5.32 Å². The molecule has 0 atom stereocenters. The number of alkyl halides is 3. The Bertz CT molecular complexity index is 901. The Morgan fingerprint density at radius 1 is 1.24 bits per heavy atom. The Labute approximate surface area is 138 Å². The highest BCUT2D eigenvalue weighted by molar-refractivity contribution is 6.00. The Kier molecular flexibility index (Phi) is 4.26. The van der Waals surface area contributed by atoms with Crippen LogP contribution in [0.4, 0.5) is 19.2 Å². The normalized spacial score (nSPS) is 11.5. The number of carbonyl (C=O) groups excluding carboxylic acids is 1. The number of nitrogens with one attached hydrogen (secondary N) is 1. The molecule has 0 fully saturated rings. The van der Waals surface area contributed by atoms with Crippen molar-refractivity contribution in [3.05, 3.63) is 47.3 Å². The number of aryl methyl sites for hydroxylation is 1. The van der Waals surface area contributed by atoms with Crippen molar-refractivity contribution in [2.24, 2.45) is 0 Å². The zero-order valence-electron chi connectivity index (χ0n) is 12.8. The highest BCUT2D eigenvalue weighted by atomic mass is 19.4. The van der Waals surface area contributed by atoms with Crippen LogP contribution < -0.4 is 5.32 Å². The van der Waals surface area contributed by atoms with Crippen LogP contribution in [0.5, 0.6) is 0 Å². The van der Waals surface area contributed by atoms with Crippen LogP contribution in [0.25, 0.3) is 11.5 Å². The van der Waals surface area contributed by atoms with Crippen molar-refractivity contribution >= 4 is 11.9 Å². The van der Waals surface area contributed by atoms with E-state index in [9.17, 15) is 18.0 Å². The van der Waals surface area contributed by atoms with Gasteiger partial charge < -0.3 is 8.94 Å². The number of benzene rings is 1. The van der Waals surface area contributed by atoms with E-state index in [0.29, 0.717) is 12.1 Å². The van der Waals surface area contributed by atoms with Gasteiger partial charge in [-0.25, -0.2) is 0 Å². The van der Waals surface area contributed by atoms with Gasteiger partial charge in [-0.3, -0.25) is 10.1 Å². The van der Waals surface area contributed by atoms with Crippen molar-refractivity contribution in [1.82, 2.24) is 15.4 Å². The summed E-state index contributed by atoms with van der Waals surface area (Å²) in [5.74, 6) is -0.865. The molecule has 0 unspecified atom stereocenters. The van der Waals surface area contributed by atoms with Crippen molar-refractivity contribution in [1.29, 1.82) is 0 Å². The Morgan fingerprint density at radius 2 is 2.04 bits per heavy atom. The molecule has 130 valence electrons. The van der Waals surface area contributed by atoms with Gasteiger partial charge >= 0.3 is 12.2 Å². The average molecular weight is 352 g/mol. The van der Waals surface area contributed by atoms with Crippen LogP contribution in [0.2, 0.25) is 0 Å². The molecule has 2 aromatic heterocycles. The standard InChI is InChI=1S/C15H11F3N4O3/c1-2-10-7-11(25-22-10)12(23)19-14-21-20-13(24-14)8-4-3-5-9(6-8)15(16,17)18/h3-7H,2H2,1H3,(H,19,21,23). The first-order valence-electron chi connectivity index (χ1n) is 7.15. The summed E-state index contributed by atoms with van der Waals surface area (Å²) < 4.78 is 48.3. The SMILES string of the molecule is CCc1cc(C(=O)Nc2nnc(-c3cccc(C(F)(F)F)c3)o2)on1. The minimum Gasteiger partial charge on any atom is -0.403 e. The fourth-order valence-electron chi connectivity index (χ4n) is 1.96. The molecular formula is C15H11F3N4O3. The van der Waals surface area contributed by atoms with E-state index in [0.717, 1.165) is 12.1 Å². The second kappa shape index (κ2) is 6.38. The molecule has 0 aliphatic rings. The van der Waals surface area contributed by atoms with Gasteiger partial charge in [-0.1, -0.05) is 23.2 Å². The van der Waals surface area contributed by atoms with Crippen molar-refractivity contribution < 1.29 is 26.9 Å². The van der Waals surface area contributed by atoms with Gasteiger partial charge in [-0.15, -0.1) is 5.10 Å². The maximum atomic E-state index is 12.7. The van der Waals surface area contributed by atoms with Gasteiger partial charge in [0.15, 0.2) is 0 Å². The highest BCUT2D eigenvalue weighted by Crippen LogP contribution is 2.32. The van der Waals surface area contributed by atoms with Gasteiger partial charge in [0.25, 0.3) is 5.91 Å². The second-order valence-corrected chi connectivity index (χ2v) is 4.98. The highest BCUT2D eigenvalue weighted by Gasteiger charge is 2.31. The molecule has 0 aliphatic heterocycles. The Balaban J connectivity index is 1.77. The first kappa shape index (κ1) is 16.7. The van der Waals surface area contributed by atoms with Gasteiger partial charge in [0, 0.05) is 11.6 Å². The molecular weight excluding hydrogens is 341 g/mol. The summed E-state index contributed by atoms with van der Waals surface area (Å²) in [5, 5.41) is 13.2. The summed E-state index contributed by atoms with van der Waals surface area (Å²) in [6.45, 7) is 1.85. The monoisotopic (exact) mass is 352 g/mol. The summed E-state index contributed by atoms with van der Waals surface area (Å²) in [6, 6.07) is 5.60. The number of amides is 1. The lowest BCUT2D eigenvalue weighted by atomic mass is 10.1. The van der Waals surface area contributed by atoms with E-state index in [1.807, 2.05) is 6.92 Å². The van der Waals surface area contributed by atoms with Crippen LogP contribution in [0.1, 0.15) is 28.7 Å². The number of halogens is 3. The van der Waals surface area contributed by atoms with Gasteiger partial charge in [0.1, 0.15) is 0 Å². The van der Waals surface area contributed by atoms with Gasteiger partial charge in [-0.05, 0) is 24.6 Å². The third-order valence-corrected chi connectivity index (χ3v) is 3.23. The number of hydrogen-bond acceptors (Lipinski definition) is 6. The van der Waals surface area contributed by atoms with Crippen LogP contribution in [-0.2, 0) is 12.6 Å². The molecule has 1 aromatic carbocycles. The Morgan fingerprint density at radius 3 is 2.72 bits per heavy atom. The first-order valence-corrected chi connectivity index (χ1v) is 7.15. The molecule has 0 saturated carbocycles. The number of aromatic nitrogens is 3. The summed E-state index contributed by atoms with van der Waals surface area (Å²) in [4.78, 5) is 12.0. The van der Waals surface area contributed by atoms with Crippen molar-refractivity contribution in [2.45, 2.75) is 19.5 Å². The summed E-state index contributed by atoms with van der Waals surface area (Å²) in [6.07, 6.45) is -3.90. The van der Waals surface area contributed by atoms with Crippen LogP contribution in [0.3, 0.4) is 0 Å². The molecule has 1 amide bonds. The lowest BCUT2D eigenvalue weighted by molar-refractivity contribution is -0.137. The van der Waals surface area contributed by atoms with Gasteiger partial charge in [0.05, 0.1) is 11.3 Å². The predicted molar refractivity (Wildman–Crippen MR) is 78.6 cm³/mol. The summed E-state index contributed by atoms with van der Waals surface area (Å²) in [7, 11) is 0. The fourth-order valence-corrected chi connectivity index (χ4v) is 1.96. The molecule has 1 N–H and O–H groups in total. The molecule has 0 radical (unpaired) electrons. The molecule has 10 heteroatoms. The number of nitrogens with zero attached hydrogens (tertiary/aromatic N) is 3. The fraction of sp³-hybridized carbons (Fsp3) is 0.200. The molecule has 0 bridgehead atoms. The van der Waals surface area contributed by atoms with E-state index in [-0.39, 0.29) is 23.2 Å². The first-order chi connectivity index (χ1) is 11.9. The van der Waals surface area contributed by atoms with E-state index in [1.165, 1.54) is 18.2 Å².